The normalized spacial score (nSPS) is 12.5. The Bertz CT molecular complexity index is 850. The summed E-state index contributed by atoms with van der Waals surface area (Å²) in [7, 11) is 0. The van der Waals surface area contributed by atoms with E-state index >= 15 is 0 Å². The summed E-state index contributed by atoms with van der Waals surface area (Å²) in [5.41, 5.74) is 2.99. The van der Waals surface area contributed by atoms with E-state index in [0.29, 0.717) is 11.5 Å². The first-order valence-electron chi connectivity index (χ1n) is 7.73. The molecule has 1 aromatic carbocycles. The van der Waals surface area contributed by atoms with Crippen LogP contribution >= 0.6 is 11.8 Å². The summed E-state index contributed by atoms with van der Waals surface area (Å²) in [5, 5.41) is 19.1. The van der Waals surface area contributed by atoms with Crippen LogP contribution in [0.2, 0.25) is 0 Å². The Balaban J connectivity index is 1.61. The number of para-hydroxylation sites is 1. The largest absolute Gasteiger partial charge is 0.491 e. The van der Waals surface area contributed by atoms with Crippen molar-refractivity contribution in [2.45, 2.75) is 32.0 Å². The van der Waals surface area contributed by atoms with Gasteiger partial charge in [0, 0.05) is 17.1 Å². The summed E-state index contributed by atoms with van der Waals surface area (Å²) < 4.78 is 7.57. The van der Waals surface area contributed by atoms with E-state index in [4.69, 9.17) is 4.74 Å². The van der Waals surface area contributed by atoms with Gasteiger partial charge in [0.2, 0.25) is 0 Å². The van der Waals surface area contributed by atoms with Gasteiger partial charge >= 0.3 is 0 Å². The monoisotopic (exact) mass is 344 g/mol. The molecule has 2 heterocycles. The van der Waals surface area contributed by atoms with Crippen LogP contribution in [0.5, 0.6) is 5.75 Å². The first-order valence-corrected chi connectivity index (χ1v) is 8.72. The second kappa shape index (κ2) is 7.19. The van der Waals surface area contributed by atoms with Crippen LogP contribution in [0, 0.1) is 20.8 Å². The number of aliphatic hydroxyl groups is 1. The molecule has 0 unspecified atom stereocenters. The Morgan fingerprint density at radius 1 is 1.21 bits per heavy atom. The zero-order chi connectivity index (χ0) is 17.1. The lowest BCUT2D eigenvalue weighted by atomic mass is 10.2. The van der Waals surface area contributed by atoms with E-state index in [9.17, 15) is 5.11 Å². The van der Waals surface area contributed by atoms with Gasteiger partial charge in [0.05, 0.1) is 6.10 Å². The molecule has 0 saturated carbocycles. The highest BCUT2D eigenvalue weighted by Crippen LogP contribution is 2.20. The Labute approximate surface area is 144 Å². The third kappa shape index (κ3) is 3.68. The van der Waals surface area contributed by atoms with Gasteiger partial charge in [-0.3, -0.25) is 4.40 Å². The molecule has 0 bridgehead atoms. The van der Waals surface area contributed by atoms with Gasteiger partial charge in [0.15, 0.2) is 5.16 Å². The Morgan fingerprint density at radius 2 is 2.00 bits per heavy atom. The molecule has 0 fully saturated rings. The van der Waals surface area contributed by atoms with Gasteiger partial charge in [-0.1, -0.05) is 30.0 Å². The van der Waals surface area contributed by atoms with Gasteiger partial charge in [-0.25, -0.2) is 4.98 Å². The number of hydrogen-bond acceptors (Lipinski definition) is 6. The molecule has 24 heavy (non-hydrogen) atoms. The summed E-state index contributed by atoms with van der Waals surface area (Å²) >= 11 is 1.44. The van der Waals surface area contributed by atoms with Gasteiger partial charge < -0.3 is 9.84 Å². The number of aryl methyl sites for hydroxylation is 3. The summed E-state index contributed by atoms with van der Waals surface area (Å²) in [5.74, 6) is 1.85. The minimum atomic E-state index is -0.597. The molecule has 6 nitrogen and oxygen atoms in total. The van der Waals surface area contributed by atoms with Crippen LogP contribution < -0.4 is 4.74 Å². The highest BCUT2D eigenvalue weighted by Gasteiger charge is 2.13. The molecule has 0 amide bonds. The first kappa shape index (κ1) is 16.7. The average molecular weight is 344 g/mol. The summed E-state index contributed by atoms with van der Waals surface area (Å²) in [4.78, 5) is 4.36. The molecular weight excluding hydrogens is 324 g/mol. The Hall–Kier alpha value is -2.12. The Morgan fingerprint density at radius 3 is 2.79 bits per heavy atom. The fourth-order valence-electron chi connectivity index (χ4n) is 2.42. The van der Waals surface area contributed by atoms with Crippen LogP contribution in [0.3, 0.4) is 0 Å². The van der Waals surface area contributed by atoms with Crippen molar-refractivity contribution in [2.75, 3.05) is 12.4 Å². The number of benzene rings is 1. The van der Waals surface area contributed by atoms with Crippen molar-refractivity contribution >= 4 is 17.5 Å². The molecule has 1 N–H and O–H groups in total. The van der Waals surface area contributed by atoms with Gasteiger partial charge in [-0.2, -0.15) is 0 Å². The van der Waals surface area contributed by atoms with E-state index in [-0.39, 0.29) is 6.61 Å². The second-order valence-corrected chi connectivity index (χ2v) is 6.69. The minimum Gasteiger partial charge on any atom is -0.491 e. The predicted molar refractivity (Wildman–Crippen MR) is 93.7 cm³/mol. The Kier molecular flexibility index (Phi) is 5.01. The SMILES string of the molecule is Cc1cc(C)n2c(SC[C@@H](O)COc3ccccc3C)nnc2n1. The van der Waals surface area contributed by atoms with Crippen LogP contribution in [0.25, 0.3) is 5.78 Å². The van der Waals surface area contributed by atoms with Crippen LogP contribution in [0.4, 0.5) is 0 Å². The maximum atomic E-state index is 10.2. The van der Waals surface area contributed by atoms with Gasteiger partial charge in [0.25, 0.3) is 5.78 Å². The quantitative estimate of drug-likeness (QED) is 0.693. The molecule has 1 atom stereocenters. The van der Waals surface area contributed by atoms with Gasteiger partial charge in [0.1, 0.15) is 12.4 Å². The molecule has 0 spiro atoms. The van der Waals surface area contributed by atoms with Crippen LogP contribution in [-0.2, 0) is 0 Å². The fraction of sp³-hybridized carbons (Fsp3) is 0.353. The number of aromatic nitrogens is 4. The standard InChI is InChI=1S/C17H20N4O2S/c1-11-6-4-5-7-15(11)23-9-14(22)10-24-17-20-19-16-18-12(2)8-13(3)21(16)17/h4-8,14,22H,9-10H2,1-3H3/t14-/m0/s1. The molecule has 2 aromatic heterocycles. The van der Waals surface area contributed by atoms with Crippen molar-refractivity contribution in [3.8, 4) is 5.75 Å². The molecule has 0 radical (unpaired) electrons. The number of fused-ring (bicyclic) bond motifs is 1. The maximum Gasteiger partial charge on any atom is 0.256 e. The van der Waals surface area contributed by atoms with Crippen LogP contribution in [0.1, 0.15) is 17.0 Å². The van der Waals surface area contributed by atoms with Crippen molar-refractivity contribution in [3.05, 3.63) is 47.3 Å². The zero-order valence-corrected chi connectivity index (χ0v) is 14.7. The molecule has 3 aromatic rings. The zero-order valence-electron chi connectivity index (χ0n) is 13.9. The lowest BCUT2D eigenvalue weighted by Gasteiger charge is -2.13. The molecule has 3 rings (SSSR count). The third-order valence-corrected chi connectivity index (χ3v) is 4.67. The fourth-order valence-corrected chi connectivity index (χ4v) is 3.31. The molecule has 0 aliphatic rings. The molecule has 0 aliphatic carbocycles. The lowest BCUT2D eigenvalue weighted by Crippen LogP contribution is -2.20. The van der Waals surface area contributed by atoms with Crippen molar-refractivity contribution in [3.63, 3.8) is 0 Å². The number of aliphatic hydroxyl groups excluding tert-OH is 1. The van der Waals surface area contributed by atoms with E-state index < -0.39 is 6.10 Å². The summed E-state index contributed by atoms with van der Waals surface area (Å²) in [6.07, 6.45) is -0.597. The summed E-state index contributed by atoms with van der Waals surface area (Å²) in [6.45, 7) is 6.15. The average Bonchev–Trinajstić information content (AvgIpc) is 2.95. The molecular formula is C17H20N4O2S. The predicted octanol–water partition coefficient (Wildman–Crippen LogP) is 2.58. The van der Waals surface area contributed by atoms with E-state index in [0.717, 1.165) is 27.9 Å². The molecule has 126 valence electrons. The highest BCUT2D eigenvalue weighted by molar-refractivity contribution is 7.99. The highest BCUT2D eigenvalue weighted by atomic mass is 32.2. The van der Waals surface area contributed by atoms with Crippen LogP contribution in [-0.4, -0.2) is 43.2 Å². The number of thioether (sulfide) groups is 1. The minimum absolute atomic E-state index is 0.241. The first-order chi connectivity index (χ1) is 11.5. The van der Waals surface area contributed by atoms with Crippen molar-refractivity contribution in [1.29, 1.82) is 0 Å². The number of hydrogen-bond donors (Lipinski definition) is 1. The van der Waals surface area contributed by atoms with Crippen molar-refractivity contribution in [1.82, 2.24) is 19.6 Å². The summed E-state index contributed by atoms with van der Waals surface area (Å²) in [6, 6.07) is 9.75. The third-order valence-electron chi connectivity index (χ3n) is 3.59. The number of nitrogens with zero attached hydrogens (tertiary/aromatic N) is 4. The maximum absolute atomic E-state index is 10.2. The second-order valence-electron chi connectivity index (χ2n) is 5.70. The van der Waals surface area contributed by atoms with E-state index in [1.54, 1.807) is 0 Å². The smallest absolute Gasteiger partial charge is 0.256 e. The van der Waals surface area contributed by atoms with Crippen LogP contribution in [0.15, 0.2) is 35.5 Å². The molecule has 7 heteroatoms. The van der Waals surface area contributed by atoms with E-state index in [2.05, 4.69) is 15.2 Å². The van der Waals surface area contributed by atoms with Gasteiger partial charge in [-0.05, 0) is 38.5 Å². The number of rotatable bonds is 6. The van der Waals surface area contributed by atoms with Crippen molar-refractivity contribution < 1.29 is 9.84 Å². The number of ether oxygens (including phenoxy) is 1. The van der Waals surface area contributed by atoms with Crippen molar-refractivity contribution in [2.24, 2.45) is 0 Å². The van der Waals surface area contributed by atoms with E-state index in [1.165, 1.54) is 11.8 Å². The van der Waals surface area contributed by atoms with E-state index in [1.807, 2.05) is 55.5 Å². The lowest BCUT2D eigenvalue weighted by molar-refractivity contribution is 0.126. The topological polar surface area (TPSA) is 72.5 Å². The molecule has 0 aliphatic heterocycles. The molecule has 0 saturated heterocycles. The van der Waals surface area contributed by atoms with Gasteiger partial charge in [-0.15, -0.1) is 10.2 Å².